The lowest BCUT2D eigenvalue weighted by atomic mass is 9.97. The molecule has 7 nitrogen and oxygen atoms in total. The van der Waals surface area contributed by atoms with Crippen molar-refractivity contribution in [2.24, 2.45) is 0 Å². The number of hydrogen-bond acceptors (Lipinski definition) is 6. The summed E-state index contributed by atoms with van der Waals surface area (Å²) in [5.74, 6) is 0.0515. The fourth-order valence-electron chi connectivity index (χ4n) is 4.76. The van der Waals surface area contributed by atoms with Gasteiger partial charge in [0.15, 0.2) is 0 Å². The number of hydrogen-bond donors (Lipinski definition) is 2. The van der Waals surface area contributed by atoms with E-state index in [9.17, 15) is 9.18 Å². The number of anilines is 1. The minimum absolute atomic E-state index is 0.0263. The van der Waals surface area contributed by atoms with Crippen molar-refractivity contribution in [3.05, 3.63) is 75.5 Å². The van der Waals surface area contributed by atoms with Gasteiger partial charge in [-0.2, -0.15) is 0 Å². The first-order valence-corrected chi connectivity index (χ1v) is 12.0. The highest BCUT2D eigenvalue weighted by atomic mass is 35.5. The van der Waals surface area contributed by atoms with E-state index in [-0.39, 0.29) is 28.7 Å². The van der Waals surface area contributed by atoms with Crippen LogP contribution in [0.15, 0.2) is 53.6 Å². The summed E-state index contributed by atoms with van der Waals surface area (Å²) >= 11 is 5.90. The Morgan fingerprint density at radius 1 is 1.18 bits per heavy atom. The minimum Gasteiger partial charge on any atom is -0.381 e. The highest BCUT2D eigenvalue weighted by Gasteiger charge is 2.29. The van der Waals surface area contributed by atoms with Crippen LogP contribution in [-0.4, -0.2) is 46.4 Å². The Morgan fingerprint density at radius 2 is 2.03 bits per heavy atom. The lowest BCUT2D eigenvalue weighted by molar-refractivity contribution is 0.0903. The highest BCUT2D eigenvalue weighted by Crippen LogP contribution is 2.29. The fraction of sp³-hybridized carbons (Fsp3) is 0.400. The normalized spacial score (nSPS) is 19.8. The molecule has 0 spiro atoms. The van der Waals surface area contributed by atoms with Crippen molar-refractivity contribution in [1.82, 2.24) is 19.9 Å². The van der Waals surface area contributed by atoms with Gasteiger partial charge in [-0.15, -0.1) is 0 Å². The van der Waals surface area contributed by atoms with Crippen LogP contribution in [0.2, 0.25) is 5.02 Å². The summed E-state index contributed by atoms with van der Waals surface area (Å²) in [5, 5.41) is 6.89. The zero-order valence-corrected chi connectivity index (χ0v) is 19.5. The van der Waals surface area contributed by atoms with E-state index in [0.717, 1.165) is 45.4 Å². The van der Waals surface area contributed by atoms with E-state index in [0.29, 0.717) is 22.8 Å². The molecule has 2 atom stereocenters. The maximum atomic E-state index is 14.3. The number of benzene rings is 1. The molecular formula is C25H27ClFN5O2. The Bertz CT molecular complexity index is 1210. The molecule has 2 N–H and O–H groups in total. The van der Waals surface area contributed by atoms with E-state index >= 15 is 0 Å². The molecule has 0 saturated carbocycles. The fourth-order valence-corrected chi connectivity index (χ4v) is 4.87. The van der Waals surface area contributed by atoms with Gasteiger partial charge in [-0.25, -0.2) is 14.4 Å². The maximum absolute atomic E-state index is 14.3. The van der Waals surface area contributed by atoms with Gasteiger partial charge in [-0.1, -0.05) is 17.7 Å². The first kappa shape index (κ1) is 23.0. The topological polar surface area (TPSA) is 81.1 Å². The number of halogens is 2. The number of aromatic nitrogens is 3. The standard InChI is InChI=1S/C25H27ClFN5O2/c26-19-4-3-17(14-20(19)27)24(22-2-1-9-28-22)32-11-6-16(15-23(32)33)21-5-10-29-25(31-21)30-18-7-12-34-13-8-18/h3-6,10-11,14-15,18,22,24,28H,1-2,7-9,12-13H2,(H,29,30,31). The molecular weight excluding hydrogens is 457 g/mol. The molecule has 5 rings (SSSR count). The summed E-state index contributed by atoms with van der Waals surface area (Å²) < 4.78 is 21.3. The third-order valence-electron chi connectivity index (χ3n) is 6.52. The number of nitrogens with one attached hydrogen (secondary N) is 2. The van der Waals surface area contributed by atoms with Crippen LogP contribution >= 0.6 is 11.6 Å². The molecule has 2 unspecified atom stereocenters. The molecule has 2 aliphatic heterocycles. The van der Waals surface area contributed by atoms with Crippen molar-refractivity contribution in [2.45, 2.75) is 43.8 Å². The van der Waals surface area contributed by atoms with Gasteiger partial charge in [-0.3, -0.25) is 4.79 Å². The average molecular weight is 484 g/mol. The van der Waals surface area contributed by atoms with Gasteiger partial charge in [0.1, 0.15) is 5.82 Å². The SMILES string of the molecule is O=c1cc(-c2ccnc(NC3CCOCC3)n2)ccn1C(c1ccc(Cl)c(F)c1)C1CCCN1. The maximum Gasteiger partial charge on any atom is 0.251 e. The molecule has 0 amide bonds. The van der Waals surface area contributed by atoms with Crippen LogP contribution in [0.1, 0.15) is 37.3 Å². The molecule has 178 valence electrons. The van der Waals surface area contributed by atoms with Crippen LogP contribution < -0.4 is 16.2 Å². The molecule has 0 radical (unpaired) electrons. The van der Waals surface area contributed by atoms with Gasteiger partial charge >= 0.3 is 0 Å². The molecule has 2 fully saturated rings. The molecule has 2 aromatic heterocycles. The molecule has 2 aliphatic rings. The molecule has 2 saturated heterocycles. The van der Waals surface area contributed by atoms with Crippen LogP contribution in [0.4, 0.5) is 10.3 Å². The molecule has 4 heterocycles. The lowest BCUT2D eigenvalue weighted by Gasteiger charge is -2.27. The van der Waals surface area contributed by atoms with E-state index in [1.165, 1.54) is 6.07 Å². The monoisotopic (exact) mass is 483 g/mol. The molecule has 34 heavy (non-hydrogen) atoms. The zero-order chi connectivity index (χ0) is 23.5. The van der Waals surface area contributed by atoms with Crippen molar-refractivity contribution < 1.29 is 9.13 Å². The second kappa shape index (κ2) is 10.2. The Morgan fingerprint density at radius 3 is 2.76 bits per heavy atom. The number of nitrogens with zero attached hydrogens (tertiary/aromatic N) is 3. The van der Waals surface area contributed by atoms with Crippen LogP contribution in [0.5, 0.6) is 0 Å². The van der Waals surface area contributed by atoms with Crippen molar-refractivity contribution in [3.63, 3.8) is 0 Å². The average Bonchev–Trinajstić information content (AvgIpc) is 3.38. The van der Waals surface area contributed by atoms with Crippen molar-refractivity contribution in [1.29, 1.82) is 0 Å². The van der Waals surface area contributed by atoms with Crippen LogP contribution in [0.3, 0.4) is 0 Å². The summed E-state index contributed by atoms with van der Waals surface area (Å²) in [6.45, 7) is 2.32. The van der Waals surface area contributed by atoms with Gasteiger partial charge in [0.2, 0.25) is 5.95 Å². The Kier molecular flexibility index (Phi) is 6.89. The quantitative estimate of drug-likeness (QED) is 0.551. The van der Waals surface area contributed by atoms with Crippen molar-refractivity contribution in [3.8, 4) is 11.3 Å². The third-order valence-corrected chi connectivity index (χ3v) is 6.82. The van der Waals surface area contributed by atoms with Gasteiger partial charge < -0.3 is 19.9 Å². The summed E-state index contributed by atoms with van der Waals surface area (Å²) in [4.78, 5) is 22.2. The zero-order valence-electron chi connectivity index (χ0n) is 18.7. The van der Waals surface area contributed by atoms with Gasteiger partial charge in [0, 0.05) is 49.3 Å². The number of ether oxygens (including phenoxy) is 1. The Balaban J connectivity index is 1.44. The Hall–Kier alpha value is -2.81. The molecule has 9 heteroatoms. The van der Waals surface area contributed by atoms with Crippen molar-refractivity contribution in [2.75, 3.05) is 25.1 Å². The van der Waals surface area contributed by atoms with E-state index in [1.54, 1.807) is 41.2 Å². The lowest BCUT2D eigenvalue weighted by Crippen LogP contribution is -2.38. The van der Waals surface area contributed by atoms with Crippen LogP contribution in [0.25, 0.3) is 11.3 Å². The predicted octanol–water partition coefficient (Wildman–Crippen LogP) is 4.03. The van der Waals surface area contributed by atoms with Gasteiger partial charge in [0.05, 0.1) is 16.8 Å². The third kappa shape index (κ3) is 4.99. The van der Waals surface area contributed by atoms with E-state index < -0.39 is 5.82 Å². The summed E-state index contributed by atoms with van der Waals surface area (Å²) in [5.41, 5.74) is 1.91. The molecule has 1 aromatic carbocycles. The Labute approximate surface area is 202 Å². The largest absolute Gasteiger partial charge is 0.381 e. The first-order chi connectivity index (χ1) is 16.6. The molecule has 0 bridgehead atoms. The van der Waals surface area contributed by atoms with Crippen LogP contribution in [0, 0.1) is 5.82 Å². The highest BCUT2D eigenvalue weighted by molar-refractivity contribution is 6.30. The van der Waals surface area contributed by atoms with E-state index in [1.807, 2.05) is 6.07 Å². The summed E-state index contributed by atoms with van der Waals surface area (Å²) in [6.07, 6.45) is 7.18. The van der Waals surface area contributed by atoms with Crippen molar-refractivity contribution >= 4 is 17.5 Å². The minimum atomic E-state index is -0.489. The number of rotatable bonds is 6. The molecule has 0 aliphatic carbocycles. The second-order valence-electron chi connectivity index (χ2n) is 8.78. The number of pyridine rings is 1. The predicted molar refractivity (Wildman–Crippen MR) is 130 cm³/mol. The second-order valence-corrected chi connectivity index (χ2v) is 9.19. The van der Waals surface area contributed by atoms with E-state index in [2.05, 4.69) is 20.6 Å². The smallest absolute Gasteiger partial charge is 0.251 e. The van der Waals surface area contributed by atoms with Crippen LogP contribution in [-0.2, 0) is 4.74 Å². The summed E-state index contributed by atoms with van der Waals surface area (Å²) in [6, 6.07) is 9.95. The van der Waals surface area contributed by atoms with Gasteiger partial charge in [0.25, 0.3) is 5.56 Å². The van der Waals surface area contributed by atoms with E-state index in [4.69, 9.17) is 16.3 Å². The first-order valence-electron chi connectivity index (χ1n) is 11.7. The molecule has 3 aromatic rings. The summed E-state index contributed by atoms with van der Waals surface area (Å²) in [7, 11) is 0. The van der Waals surface area contributed by atoms with Gasteiger partial charge in [-0.05, 0) is 62.1 Å².